The fraction of sp³-hybridized carbons (Fsp3) is 0.235. The molecule has 2 rings (SSSR count). The van der Waals surface area contributed by atoms with E-state index in [1.165, 1.54) is 24.3 Å². The fourth-order valence-corrected chi connectivity index (χ4v) is 3.68. The molecule has 2 aromatic carbocycles. The average Bonchev–Trinajstić information content (AvgIpc) is 2.61. The Morgan fingerprint density at radius 2 is 1.61 bits per heavy atom. The lowest BCUT2D eigenvalue weighted by atomic mass is 10.2. The molecule has 11 heteroatoms. The van der Waals surface area contributed by atoms with Crippen LogP contribution in [0.2, 0.25) is 0 Å². The Morgan fingerprint density at radius 1 is 1.00 bits per heavy atom. The number of alkyl halides is 3. The molecule has 0 unspecified atom stereocenters. The molecule has 0 atom stereocenters. The molecule has 5 nitrogen and oxygen atoms in total. The quantitative estimate of drug-likeness (QED) is 0.698. The highest BCUT2D eigenvalue weighted by molar-refractivity contribution is 7.89. The summed E-state index contributed by atoms with van der Waals surface area (Å²) in [5, 5.41) is 1.56. The third-order valence-corrected chi connectivity index (χ3v) is 5.36. The van der Waals surface area contributed by atoms with Gasteiger partial charge < -0.3 is 5.32 Å². The molecule has 0 aliphatic heterocycles. The van der Waals surface area contributed by atoms with E-state index in [9.17, 15) is 35.2 Å². The first kappa shape index (κ1) is 21.8. The van der Waals surface area contributed by atoms with E-state index in [0.29, 0.717) is 4.31 Å². The second kappa shape index (κ2) is 8.65. The number of amides is 1. The van der Waals surface area contributed by atoms with Crippen molar-refractivity contribution < 1.29 is 35.2 Å². The van der Waals surface area contributed by atoms with Gasteiger partial charge in [-0.3, -0.25) is 4.79 Å². The van der Waals surface area contributed by atoms with Crippen molar-refractivity contribution in [3.8, 4) is 0 Å². The van der Waals surface area contributed by atoms with Gasteiger partial charge in [0, 0.05) is 6.54 Å². The Morgan fingerprint density at radius 3 is 2.18 bits per heavy atom. The molecule has 0 aliphatic rings. The summed E-state index contributed by atoms with van der Waals surface area (Å²) in [6.45, 7) is -3.10. The van der Waals surface area contributed by atoms with Gasteiger partial charge in [-0.1, -0.05) is 24.3 Å². The average molecular weight is 422 g/mol. The van der Waals surface area contributed by atoms with Crippen molar-refractivity contribution in [1.82, 2.24) is 9.62 Å². The van der Waals surface area contributed by atoms with E-state index in [1.54, 1.807) is 5.32 Å². The first-order valence-corrected chi connectivity index (χ1v) is 9.25. The number of benzene rings is 2. The molecule has 152 valence electrons. The van der Waals surface area contributed by atoms with Crippen molar-refractivity contribution >= 4 is 15.9 Å². The van der Waals surface area contributed by atoms with Crippen LogP contribution in [0.4, 0.5) is 22.0 Å². The van der Waals surface area contributed by atoms with Gasteiger partial charge in [-0.2, -0.15) is 17.5 Å². The number of carbonyl (C=O) groups excluding carboxylic acids is 1. The summed E-state index contributed by atoms with van der Waals surface area (Å²) in [5.41, 5.74) is 0.255. The van der Waals surface area contributed by atoms with Gasteiger partial charge in [-0.25, -0.2) is 17.2 Å². The van der Waals surface area contributed by atoms with Crippen molar-refractivity contribution in [3.05, 3.63) is 65.7 Å². The van der Waals surface area contributed by atoms with Crippen LogP contribution in [0.3, 0.4) is 0 Å². The molecule has 0 fully saturated rings. The van der Waals surface area contributed by atoms with Gasteiger partial charge in [0.05, 0.1) is 6.54 Å². The van der Waals surface area contributed by atoms with E-state index in [2.05, 4.69) is 0 Å². The number of nitrogens with zero attached hydrogens (tertiary/aromatic N) is 1. The summed E-state index contributed by atoms with van der Waals surface area (Å²) < 4.78 is 89.9. The lowest BCUT2D eigenvalue weighted by molar-refractivity contribution is -0.138. The number of rotatable bonds is 7. The molecule has 1 amide bonds. The number of halogens is 5. The van der Waals surface area contributed by atoms with Crippen molar-refractivity contribution in [3.63, 3.8) is 0 Å². The SMILES string of the molecule is O=C(CN(Cc1ccc(F)cc1)S(=O)(=O)c1ccccc1F)NCC(F)(F)F. The molecule has 28 heavy (non-hydrogen) atoms. The van der Waals surface area contributed by atoms with Crippen LogP contribution in [0.15, 0.2) is 53.4 Å². The molecule has 0 aromatic heterocycles. The minimum absolute atomic E-state index is 0.255. The van der Waals surface area contributed by atoms with Gasteiger partial charge >= 0.3 is 6.18 Å². The number of carbonyl (C=O) groups is 1. The Labute approximate surface area is 157 Å². The lowest BCUT2D eigenvalue weighted by Gasteiger charge is -2.22. The van der Waals surface area contributed by atoms with Crippen molar-refractivity contribution in [2.24, 2.45) is 0 Å². The van der Waals surface area contributed by atoms with Crippen LogP contribution in [-0.4, -0.2) is 37.9 Å². The van der Waals surface area contributed by atoms with E-state index < -0.39 is 58.3 Å². The standard InChI is InChI=1S/C17H15F5N2O3S/c18-13-7-5-12(6-8-13)9-24(10-16(25)23-11-17(20,21)22)28(26,27)15-4-2-1-3-14(15)19/h1-8H,9-11H2,(H,23,25). The maximum absolute atomic E-state index is 14.0. The van der Waals surface area contributed by atoms with Crippen molar-refractivity contribution in [2.75, 3.05) is 13.1 Å². The molecular formula is C17H15F5N2O3S. The minimum atomic E-state index is -4.68. The van der Waals surface area contributed by atoms with Crippen molar-refractivity contribution in [2.45, 2.75) is 17.6 Å². The number of sulfonamides is 1. The molecule has 0 spiro atoms. The smallest absolute Gasteiger partial charge is 0.346 e. The minimum Gasteiger partial charge on any atom is -0.346 e. The molecular weight excluding hydrogens is 407 g/mol. The second-order valence-corrected chi connectivity index (χ2v) is 7.63. The number of nitrogens with one attached hydrogen (secondary N) is 1. The molecule has 1 N–H and O–H groups in total. The Hall–Kier alpha value is -2.53. The Balaban J connectivity index is 2.31. The highest BCUT2D eigenvalue weighted by atomic mass is 32.2. The van der Waals surface area contributed by atoms with Crippen LogP contribution in [0.25, 0.3) is 0 Å². The van der Waals surface area contributed by atoms with Crippen LogP contribution in [0.5, 0.6) is 0 Å². The third-order valence-electron chi connectivity index (χ3n) is 3.53. The number of hydrogen-bond donors (Lipinski definition) is 1. The fourth-order valence-electron chi connectivity index (χ4n) is 2.23. The predicted octanol–water partition coefficient (Wildman–Crippen LogP) is 2.83. The molecule has 0 saturated carbocycles. The monoisotopic (exact) mass is 422 g/mol. The van der Waals surface area contributed by atoms with E-state index >= 15 is 0 Å². The van der Waals surface area contributed by atoms with E-state index in [-0.39, 0.29) is 5.56 Å². The van der Waals surface area contributed by atoms with Gasteiger partial charge in [0.1, 0.15) is 23.1 Å². The van der Waals surface area contributed by atoms with Crippen LogP contribution >= 0.6 is 0 Å². The van der Waals surface area contributed by atoms with Crippen LogP contribution in [-0.2, 0) is 21.4 Å². The Kier molecular flexibility index (Phi) is 6.73. The summed E-state index contributed by atoms with van der Waals surface area (Å²) in [4.78, 5) is 11.1. The summed E-state index contributed by atoms with van der Waals surface area (Å²) in [6, 6.07) is 8.96. The van der Waals surface area contributed by atoms with Crippen LogP contribution in [0, 0.1) is 11.6 Å². The van der Waals surface area contributed by atoms with Crippen molar-refractivity contribution in [1.29, 1.82) is 0 Å². The summed E-state index contributed by atoms with van der Waals surface area (Å²) in [6.07, 6.45) is -4.68. The molecule has 0 radical (unpaired) electrons. The summed E-state index contributed by atoms with van der Waals surface area (Å²) in [7, 11) is -4.57. The zero-order valence-corrected chi connectivity index (χ0v) is 15.0. The molecule has 0 heterocycles. The third kappa shape index (κ3) is 5.99. The highest BCUT2D eigenvalue weighted by Crippen LogP contribution is 2.21. The first-order chi connectivity index (χ1) is 13.0. The van der Waals surface area contributed by atoms with Crippen LogP contribution in [0.1, 0.15) is 5.56 Å². The normalized spacial score (nSPS) is 12.2. The predicted molar refractivity (Wildman–Crippen MR) is 89.5 cm³/mol. The summed E-state index contributed by atoms with van der Waals surface area (Å²) >= 11 is 0. The summed E-state index contributed by atoms with van der Waals surface area (Å²) in [5.74, 6) is -2.89. The van der Waals surface area contributed by atoms with Gasteiger partial charge in [0.15, 0.2) is 0 Å². The molecule has 0 saturated heterocycles. The first-order valence-electron chi connectivity index (χ1n) is 7.81. The van der Waals surface area contributed by atoms with E-state index in [4.69, 9.17) is 0 Å². The van der Waals surface area contributed by atoms with Gasteiger partial charge in [0.25, 0.3) is 0 Å². The maximum Gasteiger partial charge on any atom is 0.405 e. The second-order valence-electron chi connectivity index (χ2n) is 5.72. The maximum atomic E-state index is 14.0. The van der Waals surface area contributed by atoms with E-state index in [0.717, 1.165) is 24.3 Å². The zero-order valence-electron chi connectivity index (χ0n) is 14.2. The van der Waals surface area contributed by atoms with Gasteiger partial charge in [-0.15, -0.1) is 0 Å². The molecule has 2 aromatic rings. The highest BCUT2D eigenvalue weighted by Gasteiger charge is 2.31. The van der Waals surface area contributed by atoms with E-state index in [1.807, 2.05) is 0 Å². The molecule has 0 aliphatic carbocycles. The van der Waals surface area contributed by atoms with Crippen LogP contribution < -0.4 is 5.32 Å². The molecule has 0 bridgehead atoms. The Bertz CT molecular complexity index is 931. The topological polar surface area (TPSA) is 66.5 Å². The van der Waals surface area contributed by atoms with Gasteiger partial charge in [-0.05, 0) is 29.8 Å². The zero-order chi connectivity index (χ0) is 20.9. The van der Waals surface area contributed by atoms with Gasteiger partial charge in [0.2, 0.25) is 15.9 Å². The largest absolute Gasteiger partial charge is 0.405 e. The lowest BCUT2D eigenvalue weighted by Crippen LogP contribution is -2.43. The number of hydrogen-bond acceptors (Lipinski definition) is 3.